The van der Waals surface area contributed by atoms with Crippen molar-refractivity contribution in [1.82, 2.24) is 10.2 Å². The number of nitrogens with one attached hydrogen (secondary N) is 1. The van der Waals surface area contributed by atoms with Gasteiger partial charge in [0.25, 0.3) is 0 Å². The van der Waals surface area contributed by atoms with Gasteiger partial charge in [0.15, 0.2) is 0 Å². The number of ether oxygens (including phenoxy) is 1. The molecule has 0 saturated carbocycles. The Morgan fingerprint density at radius 1 is 1.15 bits per heavy atom. The molecule has 0 bridgehead atoms. The second-order valence-electron chi connectivity index (χ2n) is 6.79. The number of nitrogens with zero attached hydrogens (tertiary/aromatic N) is 1. The number of carbonyl (C=O) groups is 2. The highest BCUT2D eigenvalue weighted by molar-refractivity contribution is 5.76. The van der Waals surface area contributed by atoms with Crippen molar-refractivity contribution in [3.05, 3.63) is 0 Å². The van der Waals surface area contributed by atoms with Gasteiger partial charge in [-0.1, -0.05) is 6.92 Å². The monoisotopic (exact) mass is 286 g/mol. The summed E-state index contributed by atoms with van der Waals surface area (Å²) in [6.45, 7) is 12.0. The molecule has 0 rings (SSSR count). The van der Waals surface area contributed by atoms with Crippen LogP contribution in [0, 0.1) is 0 Å². The molecule has 5 heteroatoms. The zero-order chi connectivity index (χ0) is 16.0. The molecule has 0 aliphatic rings. The third-order valence-electron chi connectivity index (χ3n) is 2.96. The molecule has 0 spiro atoms. The van der Waals surface area contributed by atoms with Gasteiger partial charge >= 0.3 is 6.09 Å². The first-order chi connectivity index (χ1) is 8.97. The van der Waals surface area contributed by atoms with E-state index < -0.39 is 5.60 Å². The van der Waals surface area contributed by atoms with Gasteiger partial charge in [-0.25, -0.2) is 4.79 Å². The van der Waals surface area contributed by atoms with Crippen molar-refractivity contribution in [2.24, 2.45) is 0 Å². The van der Waals surface area contributed by atoms with Crippen molar-refractivity contribution in [2.75, 3.05) is 13.6 Å². The van der Waals surface area contributed by atoms with Gasteiger partial charge in [0.2, 0.25) is 5.91 Å². The molecule has 0 aromatic heterocycles. The fourth-order valence-corrected chi connectivity index (χ4v) is 1.44. The van der Waals surface area contributed by atoms with Crippen molar-refractivity contribution in [3.8, 4) is 0 Å². The van der Waals surface area contributed by atoms with Crippen LogP contribution in [-0.4, -0.2) is 41.6 Å². The fourth-order valence-electron chi connectivity index (χ4n) is 1.44. The van der Waals surface area contributed by atoms with Crippen molar-refractivity contribution < 1.29 is 14.3 Å². The molecule has 20 heavy (non-hydrogen) atoms. The van der Waals surface area contributed by atoms with Crippen LogP contribution < -0.4 is 5.32 Å². The van der Waals surface area contributed by atoms with E-state index >= 15 is 0 Å². The van der Waals surface area contributed by atoms with Crippen LogP contribution in [0.1, 0.15) is 60.8 Å². The summed E-state index contributed by atoms with van der Waals surface area (Å²) in [4.78, 5) is 25.0. The Bertz CT molecular complexity index is 333. The van der Waals surface area contributed by atoms with Crippen LogP contribution in [0.2, 0.25) is 0 Å². The van der Waals surface area contributed by atoms with Gasteiger partial charge in [-0.15, -0.1) is 0 Å². The zero-order valence-electron chi connectivity index (χ0n) is 14.0. The number of hydrogen-bond acceptors (Lipinski definition) is 3. The van der Waals surface area contributed by atoms with Gasteiger partial charge in [0.1, 0.15) is 5.60 Å². The van der Waals surface area contributed by atoms with Gasteiger partial charge < -0.3 is 15.0 Å². The molecule has 2 amide bonds. The largest absolute Gasteiger partial charge is 0.444 e. The van der Waals surface area contributed by atoms with Crippen molar-refractivity contribution in [1.29, 1.82) is 0 Å². The minimum atomic E-state index is -0.492. The second kappa shape index (κ2) is 7.50. The standard InChI is InChI=1S/C15H30N2O3/c1-8-15(5,6)16-12(18)10-9-11-17(7)13(19)20-14(2,3)4/h8-11H2,1-7H3,(H,16,18). The van der Waals surface area contributed by atoms with E-state index in [2.05, 4.69) is 5.32 Å². The van der Waals surface area contributed by atoms with E-state index in [0.29, 0.717) is 19.4 Å². The Kier molecular flexibility index (Phi) is 7.03. The highest BCUT2D eigenvalue weighted by Gasteiger charge is 2.20. The van der Waals surface area contributed by atoms with Gasteiger partial charge in [0.05, 0.1) is 0 Å². The molecule has 0 unspecified atom stereocenters. The predicted octanol–water partition coefficient (Wildman–Crippen LogP) is 2.94. The summed E-state index contributed by atoms with van der Waals surface area (Å²) in [5, 5.41) is 2.97. The molecule has 0 aromatic rings. The molecule has 0 aliphatic heterocycles. The van der Waals surface area contributed by atoms with Crippen LogP contribution in [0.25, 0.3) is 0 Å². The Hall–Kier alpha value is -1.26. The lowest BCUT2D eigenvalue weighted by Gasteiger charge is -2.26. The molecular formula is C15H30N2O3. The molecule has 118 valence electrons. The lowest BCUT2D eigenvalue weighted by molar-refractivity contribution is -0.122. The third kappa shape index (κ3) is 8.77. The van der Waals surface area contributed by atoms with Crippen LogP contribution in [0.5, 0.6) is 0 Å². The van der Waals surface area contributed by atoms with E-state index in [4.69, 9.17) is 4.74 Å². The Balaban J connectivity index is 4.00. The Morgan fingerprint density at radius 2 is 1.70 bits per heavy atom. The minimum absolute atomic E-state index is 0.0226. The molecule has 0 radical (unpaired) electrons. The molecule has 0 saturated heterocycles. The third-order valence-corrected chi connectivity index (χ3v) is 2.96. The van der Waals surface area contributed by atoms with E-state index in [1.54, 1.807) is 7.05 Å². The highest BCUT2D eigenvalue weighted by Crippen LogP contribution is 2.10. The summed E-state index contributed by atoms with van der Waals surface area (Å²) in [6.07, 6.45) is 1.57. The topological polar surface area (TPSA) is 58.6 Å². The molecular weight excluding hydrogens is 256 g/mol. The first-order valence-electron chi connectivity index (χ1n) is 7.22. The second-order valence-corrected chi connectivity index (χ2v) is 6.79. The minimum Gasteiger partial charge on any atom is -0.444 e. The normalized spacial score (nSPS) is 11.9. The summed E-state index contributed by atoms with van der Waals surface area (Å²) in [6, 6.07) is 0. The van der Waals surface area contributed by atoms with Crippen LogP contribution in [0.3, 0.4) is 0 Å². The summed E-state index contributed by atoms with van der Waals surface area (Å²) >= 11 is 0. The van der Waals surface area contributed by atoms with Crippen LogP contribution in [0.15, 0.2) is 0 Å². The van der Waals surface area contributed by atoms with Crippen LogP contribution in [0.4, 0.5) is 4.79 Å². The quantitative estimate of drug-likeness (QED) is 0.816. The molecule has 0 aromatic carbocycles. The molecule has 0 aliphatic carbocycles. The smallest absolute Gasteiger partial charge is 0.410 e. The summed E-state index contributed by atoms with van der Waals surface area (Å²) < 4.78 is 5.24. The average molecular weight is 286 g/mol. The van der Waals surface area contributed by atoms with E-state index in [0.717, 1.165) is 6.42 Å². The van der Waals surface area contributed by atoms with E-state index in [1.165, 1.54) is 4.90 Å². The zero-order valence-corrected chi connectivity index (χ0v) is 14.0. The van der Waals surface area contributed by atoms with Crippen molar-refractivity contribution in [2.45, 2.75) is 71.9 Å². The summed E-state index contributed by atoms with van der Waals surface area (Å²) in [5.74, 6) is 0.0226. The van der Waals surface area contributed by atoms with Crippen molar-refractivity contribution in [3.63, 3.8) is 0 Å². The molecule has 5 nitrogen and oxygen atoms in total. The first-order valence-corrected chi connectivity index (χ1v) is 7.22. The van der Waals surface area contributed by atoms with E-state index in [1.807, 2.05) is 41.5 Å². The van der Waals surface area contributed by atoms with Crippen LogP contribution in [-0.2, 0) is 9.53 Å². The number of amides is 2. The number of hydrogen-bond donors (Lipinski definition) is 1. The van der Waals surface area contributed by atoms with Gasteiger partial charge in [-0.3, -0.25) is 4.79 Å². The lowest BCUT2D eigenvalue weighted by atomic mass is 10.0. The Labute approximate surface area is 123 Å². The van der Waals surface area contributed by atoms with Gasteiger partial charge in [0, 0.05) is 25.6 Å². The maximum Gasteiger partial charge on any atom is 0.410 e. The SMILES string of the molecule is CCC(C)(C)NC(=O)CCCN(C)C(=O)OC(C)(C)C. The molecule has 1 N–H and O–H groups in total. The lowest BCUT2D eigenvalue weighted by Crippen LogP contribution is -2.43. The maximum atomic E-state index is 11.8. The first kappa shape index (κ1) is 18.7. The van der Waals surface area contributed by atoms with Gasteiger partial charge in [-0.05, 0) is 47.5 Å². The van der Waals surface area contributed by atoms with Crippen molar-refractivity contribution >= 4 is 12.0 Å². The molecule has 0 heterocycles. The Morgan fingerprint density at radius 3 is 2.15 bits per heavy atom. The average Bonchev–Trinajstić information content (AvgIpc) is 2.25. The molecule has 0 fully saturated rings. The van der Waals surface area contributed by atoms with Gasteiger partial charge in [-0.2, -0.15) is 0 Å². The number of carbonyl (C=O) groups excluding carboxylic acids is 2. The number of rotatable bonds is 6. The fraction of sp³-hybridized carbons (Fsp3) is 0.867. The van der Waals surface area contributed by atoms with E-state index in [-0.39, 0.29) is 17.5 Å². The summed E-state index contributed by atoms with van der Waals surface area (Å²) in [5.41, 5.74) is -0.665. The van der Waals surface area contributed by atoms with E-state index in [9.17, 15) is 9.59 Å². The maximum absolute atomic E-state index is 11.8. The molecule has 0 atom stereocenters. The van der Waals surface area contributed by atoms with Crippen LogP contribution >= 0.6 is 0 Å². The summed E-state index contributed by atoms with van der Waals surface area (Å²) in [7, 11) is 1.68. The highest BCUT2D eigenvalue weighted by atomic mass is 16.6. The predicted molar refractivity (Wildman–Crippen MR) is 80.6 cm³/mol.